The van der Waals surface area contributed by atoms with Crippen molar-refractivity contribution < 1.29 is 13.9 Å². The van der Waals surface area contributed by atoms with Gasteiger partial charge in [0.1, 0.15) is 22.5 Å². The standard InChI is InChI=1S/C26H29FN4O2S/c27-23-3-1-2-4-24(23)30-15-13-29(14-16-30)18-20-5-7-21(8-6-20)33-22-9-11-31(12-10-22)26(32)25-17-28-19-34-25/h1-8,17,19,22H,9-16,18H2. The molecule has 0 unspecified atom stereocenters. The lowest BCUT2D eigenvalue weighted by atomic mass is 10.1. The number of benzene rings is 2. The maximum atomic E-state index is 14.1. The molecule has 2 saturated heterocycles. The zero-order valence-electron chi connectivity index (χ0n) is 19.1. The number of para-hydroxylation sites is 1. The van der Waals surface area contributed by atoms with Crippen molar-refractivity contribution in [3.63, 3.8) is 0 Å². The van der Waals surface area contributed by atoms with E-state index in [1.165, 1.54) is 23.0 Å². The minimum absolute atomic E-state index is 0.0695. The molecule has 5 rings (SSSR count). The molecule has 0 bridgehead atoms. The van der Waals surface area contributed by atoms with Crippen LogP contribution >= 0.6 is 11.3 Å². The van der Waals surface area contributed by atoms with Crippen molar-refractivity contribution in [1.82, 2.24) is 14.8 Å². The van der Waals surface area contributed by atoms with Gasteiger partial charge in [-0.05, 0) is 29.8 Å². The lowest BCUT2D eigenvalue weighted by Crippen LogP contribution is -2.46. The Morgan fingerprint density at radius 1 is 1.00 bits per heavy atom. The molecule has 2 aliphatic rings. The first-order valence-corrected chi connectivity index (χ1v) is 12.7. The van der Waals surface area contributed by atoms with Gasteiger partial charge in [0, 0.05) is 58.7 Å². The minimum Gasteiger partial charge on any atom is -0.490 e. The third-order valence-electron chi connectivity index (χ3n) is 6.57. The van der Waals surface area contributed by atoms with Crippen LogP contribution in [-0.2, 0) is 6.54 Å². The zero-order chi connectivity index (χ0) is 23.3. The number of likely N-dealkylation sites (tertiary alicyclic amines) is 1. The number of anilines is 1. The Balaban J connectivity index is 1.07. The Morgan fingerprint density at radius 3 is 2.41 bits per heavy atom. The highest BCUT2D eigenvalue weighted by Crippen LogP contribution is 2.23. The lowest BCUT2D eigenvalue weighted by Gasteiger charge is -2.36. The van der Waals surface area contributed by atoms with Crippen LogP contribution < -0.4 is 9.64 Å². The number of halogens is 1. The fourth-order valence-electron chi connectivity index (χ4n) is 4.63. The molecule has 178 valence electrons. The number of nitrogens with zero attached hydrogens (tertiary/aromatic N) is 4. The van der Waals surface area contributed by atoms with Gasteiger partial charge in [0.05, 0.1) is 17.4 Å². The van der Waals surface area contributed by atoms with E-state index in [2.05, 4.69) is 26.9 Å². The highest BCUT2D eigenvalue weighted by atomic mass is 32.1. The number of thiazole rings is 1. The highest BCUT2D eigenvalue weighted by Gasteiger charge is 2.25. The van der Waals surface area contributed by atoms with E-state index in [0.717, 1.165) is 51.3 Å². The third kappa shape index (κ3) is 5.39. The topological polar surface area (TPSA) is 48.9 Å². The van der Waals surface area contributed by atoms with Crippen LogP contribution in [0.4, 0.5) is 10.1 Å². The highest BCUT2D eigenvalue weighted by molar-refractivity contribution is 7.11. The predicted molar refractivity (Wildman–Crippen MR) is 132 cm³/mol. The van der Waals surface area contributed by atoms with Crippen LogP contribution in [0.1, 0.15) is 28.1 Å². The number of piperidine rings is 1. The molecule has 8 heteroatoms. The summed E-state index contributed by atoms with van der Waals surface area (Å²) < 4.78 is 20.2. The fraction of sp³-hybridized carbons (Fsp3) is 0.385. The van der Waals surface area contributed by atoms with E-state index in [1.807, 2.05) is 29.2 Å². The van der Waals surface area contributed by atoms with Gasteiger partial charge in [-0.2, -0.15) is 0 Å². The summed E-state index contributed by atoms with van der Waals surface area (Å²) in [6.45, 7) is 5.76. The average molecular weight is 481 g/mol. The van der Waals surface area contributed by atoms with Crippen molar-refractivity contribution in [1.29, 1.82) is 0 Å². The SMILES string of the molecule is O=C(c1cncs1)N1CCC(Oc2ccc(CN3CCN(c4ccccc4F)CC3)cc2)CC1. The number of piperazine rings is 1. The number of ether oxygens (including phenoxy) is 1. The second-order valence-electron chi connectivity index (χ2n) is 8.83. The quantitative estimate of drug-likeness (QED) is 0.527. The molecule has 0 atom stereocenters. The Kier molecular flexibility index (Phi) is 7.06. The van der Waals surface area contributed by atoms with Crippen molar-refractivity contribution in [3.8, 4) is 5.75 Å². The Labute approximate surface area is 203 Å². The number of carbonyl (C=O) groups is 1. The lowest BCUT2D eigenvalue weighted by molar-refractivity contribution is 0.0600. The Bertz CT molecular complexity index is 1080. The van der Waals surface area contributed by atoms with Crippen LogP contribution in [0.3, 0.4) is 0 Å². The summed E-state index contributed by atoms with van der Waals surface area (Å²) in [6, 6.07) is 15.3. The van der Waals surface area contributed by atoms with Gasteiger partial charge in [-0.3, -0.25) is 14.7 Å². The third-order valence-corrected chi connectivity index (χ3v) is 7.33. The number of aromatic nitrogens is 1. The van der Waals surface area contributed by atoms with Crippen molar-refractivity contribution in [2.45, 2.75) is 25.5 Å². The minimum atomic E-state index is -0.149. The van der Waals surface area contributed by atoms with E-state index in [1.54, 1.807) is 17.8 Å². The van der Waals surface area contributed by atoms with E-state index < -0.39 is 0 Å². The molecule has 2 aliphatic heterocycles. The number of amides is 1. The van der Waals surface area contributed by atoms with Gasteiger partial charge < -0.3 is 14.5 Å². The Hall–Kier alpha value is -2.97. The van der Waals surface area contributed by atoms with E-state index in [4.69, 9.17) is 4.74 Å². The normalized spacial score (nSPS) is 17.7. The molecule has 0 saturated carbocycles. The van der Waals surface area contributed by atoms with E-state index in [0.29, 0.717) is 23.7 Å². The zero-order valence-corrected chi connectivity index (χ0v) is 19.9. The largest absolute Gasteiger partial charge is 0.490 e. The molecule has 34 heavy (non-hydrogen) atoms. The van der Waals surface area contributed by atoms with E-state index in [9.17, 15) is 9.18 Å². The van der Waals surface area contributed by atoms with E-state index in [-0.39, 0.29) is 17.8 Å². The molecule has 2 aromatic carbocycles. The van der Waals surface area contributed by atoms with Crippen molar-refractivity contribution in [2.24, 2.45) is 0 Å². The van der Waals surface area contributed by atoms with Crippen LogP contribution in [0.25, 0.3) is 0 Å². The maximum Gasteiger partial charge on any atom is 0.265 e. The molecule has 6 nitrogen and oxygen atoms in total. The predicted octanol–water partition coefficient (Wildman–Crippen LogP) is 4.29. The number of hydrogen-bond donors (Lipinski definition) is 0. The average Bonchev–Trinajstić information content (AvgIpc) is 3.41. The first-order valence-electron chi connectivity index (χ1n) is 11.8. The molecule has 3 heterocycles. The summed E-state index contributed by atoms with van der Waals surface area (Å²) in [5.74, 6) is 0.795. The summed E-state index contributed by atoms with van der Waals surface area (Å²) >= 11 is 1.39. The molecular formula is C26H29FN4O2S. The summed E-state index contributed by atoms with van der Waals surface area (Å²) in [5.41, 5.74) is 3.64. The second kappa shape index (κ2) is 10.5. The molecular weight excluding hydrogens is 451 g/mol. The summed E-state index contributed by atoms with van der Waals surface area (Å²) in [5, 5.41) is 0. The van der Waals surface area contributed by atoms with Crippen LogP contribution in [0.5, 0.6) is 5.75 Å². The molecule has 3 aromatic rings. The molecule has 0 aliphatic carbocycles. The Morgan fingerprint density at radius 2 is 1.74 bits per heavy atom. The molecule has 0 radical (unpaired) electrons. The van der Waals surface area contributed by atoms with Crippen LogP contribution in [0.15, 0.2) is 60.2 Å². The van der Waals surface area contributed by atoms with Gasteiger partial charge in [-0.1, -0.05) is 24.3 Å². The van der Waals surface area contributed by atoms with Gasteiger partial charge in [-0.25, -0.2) is 4.39 Å². The van der Waals surface area contributed by atoms with Gasteiger partial charge in [-0.15, -0.1) is 11.3 Å². The van der Waals surface area contributed by atoms with Crippen LogP contribution in [0, 0.1) is 5.82 Å². The van der Waals surface area contributed by atoms with Crippen LogP contribution in [0.2, 0.25) is 0 Å². The summed E-state index contributed by atoms with van der Waals surface area (Å²) in [7, 11) is 0. The summed E-state index contributed by atoms with van der Waals surface area (Å²) in [6.07, 6.45) is 3.43. The molecule has 1 aromatic heterocycles. The van der Waals surface area contributed by atoms with Crippen LogP contribution in [-0.4, -0.2) is 66.1 Å². The van der Waals surface area contributed by atoms with Gasteiger partial charge in [0.25, 0.3) is 5.91 Å². The monoisotopic (exact) mass is 480 g/mol. The van der Waals surface area contributed by atoms with Crippen molar-refractivity contribution in [2.75, 3.05) is 44.2 Å². The fourth-order valence-corrected chi connectivity index (χ4v) is 5.22. The van der Waals surface area contributed by atoms with Gasteiger partial charge in [0.2, 0.25) is 0 Å². The van der Waals surface area contributed by atoms with Crippen molar-refractivity contribution in [3.05, 3.63) is 76.5 Å². The van der Waals surface area contributed by atoms with Crippen molar-refractivity contribution >= 4 is 22.9 Å². The maximum absolute atomic E-state index is 14.1. The molecule has 0 N–H and O–H groups in total. The molecule has 2 fully saturated rings. The molecule has 0 spiro atoms. The first kappa shape index (κ1) is 22.8. The second-order valence-corrected chi connectivity index (χ2v) is 9.72. The van der Waals surface area contributed by atoms with E-state index >= 15 is 0 Å². The molecule has 1 amide bonds. The smallest absolute Gasteiger partial charge is 0.265 e. The van der Waals surface area contributed by atoms with Gasteiger partial charge in [0.15, 0.2) is 0 Å². The van der Waals surface area contributed by atoms with Gasteiger partial charge >= 0.3 is 0 Å². The number of rotatable bonds is 6. The number of carbonyl (C=O) groups excluding carboxylic acids is 1. The number of hydrogen-bond acceptors (Lipinski definition) is 6. The first-order chi connectivity index (χ1) is 16.7. The summed E-state index contributed by atoms with van der Waals surface area (Å²) in [4.78, 5) is 23.6.